The molecule has 0 saturated carbocycles. The smallest absolute Gasteiger partial charge is 0.0979 e. The van der Waals surface area contributed by atoms with Crippen LogP contribution in [0.1, 0.15) is 53.8 Å². The first-order valence-corrected chi connectivity index (χ1v) is 14.4. The van der Waals surface area contributed by atoms with Gasteiger partial charge in [0.1, 0.15) is 0 Å². The number of rotatable bonds is 4. The number of hydrogen-bond acceptors (Lipinski definition) is 2. The average molecular weight is 665 g/mol. The standard InChI is InChI=1S/C31H25Br3N2/c1-18(2)20-14-8-15-21(19(3)32)28(20)35-29-24-12-6-4-10-22(24)23-11-5-7-13-25(23)30(29)36-31-26(33)16-9-17-27(31)34/h4-19H,1-3H3. The van der Waals surface area contributed by atoms with Crippen LogP contribution in [0.25, 0.3) is 11.1 Å². The fourth-order valence-electron chi connectivity index (χ4n) is 4.65. The van der Waals surface area contributed by atoms with Crippen molar-refractivity contribution < 1.29 is 0 Å². The first-order chi connectivity index (χ1) is 17.4. The minimum atomic E-state index is 0.166. The van der Waals surface area contributed by atoms with Gasteiger partial charge < -0.3 is 0 Å². The summed E-state index contributed by atoms with van der Waals surface area (Å²) >= 11 is 11.2. The Bertz CT molecular complexity index is 1470. The summed E-state index contributed by atoms with van der Waals surface area (Å²) in [4.78, 5) is 10.9. The third-order valence-corrected chi connectivity index (χ3v) is 8.19. The van der Waals surface area contributed by atoms with E-state index in [0.29, 0.717) is 5.92 Å². The van der Waals surface area contributed by atoms with Crippen LogP contribution < -0.4 is 0 Å². The van der Waals surface area contributed by atoms with Gasteiger partial charge in [-0.15, -0.1) is 0 Å². The molecule has 0 aromatic heterocycles. The Balaban J connectivity index is 1.89. The number of alkyl halides is 1. The van der Waals surface area contributed by atoms with Gasteiger partial charge in [0.2, 0.25) is 0 Å². The van der Waals surface area contributed by atoms with E-state index in [0.717, 1.165) is 42.9 Å². The van der Waals surface area contributed by atoms with Gasteiger partial charge in [-0.1, -0.05) is 103 Å². The lowest BCUT2D eigenvalue weighted by molar-refractivity contribution is 0.862. The topological polar surface area (TPSA) is 24.7 Å². The van der Waals surface area contributed by atoms with Crippen LogP contribution in [0.3, 0.4) is 0 Å². The lowest BCUT2D eigenvalue weighted by Gasteiger charge is -2.25. The highest BCUT2D eigenvalue weighted by molar-refractivity contribution is 9.11. The predicted molar refractivity (Wildman–Crippen MR) is 164 cm³/mol. The fraction of sp³-hybridized carbons (Fsp3) is 0.161. The summed E-state index contributed by atoms with van der Waals surface area (Å²) in [6.07, 6.45) is 0. The van der Waals surface area contributed by atoms with Crippen molar-refractivity contribution in [1.82, 2.24) is 0 Å². The molecular formula is C31H25Br3N2. The summed E-state index contributed by atoms with van der Waals surface area (Å²) in [5.74, 6) is 0.333. The fourth-order valence-corrected chi connectivity index (χ4v) is 6.19. The molecule has 0 radical (unpaired) electrons. The Morgan fingerprint density at radius 2 is 0.972 bits per heavy atom. The van der Waals surface area contributed by atoms with Crippen molar-refractivity contribution in [1.29, 1.82) is 0 Å². The van der Waals surface area contributed by atoms with E-state index in [1.165, 1.54) is 22.3 Å². The minimum Gasteiger partial charge on any atom is -0.245 e. The molecule has 4 aromatic carbocycles. The van der Waals surface area contributed by atoms with Crippen LogP contribution in [0.2, 0.25) is 0 Å². The zero-order valence-corrected chi connectivity index (χ0v) is 25.0. The molecule has 5 heteroatoms. The highest BCUT2D eigenvalue weighted by Gasteiger charge is 2.28. The summed E-state index contributed by atoms with van der Waals surface area (Å²) in [5, 5.41) is 0. The van der Waals surface area contributed by atoms with Crippen LogP contribution in [-0.2, 0) is 0 Å². The van der Waals surface area contributed by atoms with Crippen LogP contribution in [-0.4, -0.2) is 11.4 Å². The van der Waals surface area contributed by atoms with E-state index in [1.807, 2.05) is 18.2 Å². The molecule has 0 saturated heterocycles. The molecule has 36 heavy (non-hydrogen) atoms. The zero-order valence-electron chi connectivity index (χ0n) is 20.3. The van der Waals surface area contributed by atoms with Crippen molar-refractivity contribution in [2.75, 3.05) is 0 Å². The second kappa shape index (κ2) is 10.6. The summed E-state index contributed by atoms with van der Waals surface area (Å²) in [6, 6.07) is 29.5. The van der Waals surface area contributed by atoms with Crippen LogP contribution in [0.4, 0.5) is 11.4 Å². The van der Waals surface area contributed by atoms with Crippen molar-refractivity contribution in [3.05, 3.63) is 116 Å². The van der Waals surface area contributed by atoms with Gasteiger partial charge in [0.25, 0.3) is 0 Å². The lowest BCUT2D eigenvalue weighted by atomic mass is 9.82. The summed E-state index contributed by atoms with van der Waals surface area (Å²) < 4.78 is 1.86. The van der Waals surface area contributed by atoms with Gasteiger partial charge in [0, 0.05) is 24.9 Å². The SMILES string of the molecule is CC(C)c1cccc(C(C)Br)c1N=C1C(=Nc2c(Br)cccc2Br)c2ccccc2-c2ccccc21. The van der Waals surface area contributed by atoms with Gasteiger partial charge in [0.15, 0.2) is 0 Å². The van der Waals surface area contributed by atoms with Crippen LogP contribution in [0.15, 0.2) is 104 Å². The first kappa shape index (κ1) is 25.3. The largest absolute Gasteiger partial charge is 0.245 e. The van der Waals surface area contributed by atoms with Crippen molar-refractivity contribution in [3.63, 3.8) is 0 Å². The molecule has 5 rings (SSSR count). The maximum absolute atomic E-state index is 5.46. The molecule has 4 aromatic rings. The van der Waals surface area contributed by atoms with Crippen molar-refractivity contribution in [3.8, 4) is 11.1 Å². The lowest BCUT2D eigenvalue weighted by Crippen LogP contribution is -2.23. The molecule has 1 aliphatic rings. The number of para-hydroxylation sites is 2. The van der Waals surface area contributed by atoms with E-state index in [2.05, 4.69) is 135 Å². The normalized spacial score (nSPS) is 15.8. The van der Waals surface area contributed by atoms with Crippen molar-refractivity contribution in [2.24, 2.45) is 9.98 Å². The monoisotopic (exact) mass is 662 g/mol. The molecule has 0 spiro atoms. The van der Waals surface area contributed by atoms with Crippen LogP contribution in [0, 0.1) is 0 Å². The van der Waals surface area contributed by atoms with Crippen molar-refractivity contribution >= 4 is 70.6 Å². The molecule has 0 amide bonds. The van der Waals surface area contributed by atoms with Gasteiger partial charge in [0.05, 0.1) is 22.8 Å². The Hall–Kier alpha value is -2.34. The maximum atomic E-state index is 5.46. The highest BCUT2D eigenvalue weighted by Crippen LogP contribution is 2.42. The Kier molecular flexibility index (Phi) is 7.43. The number of benzene rings is 4. The van der Waals surface area contributed by atoms with Gasteiger partial charge in [-0.2, -0.15) is 0 Å². The molecule has 180 valence electrons. The summed E-state index contributed by atoms with van der Waals surface area (Å²) in [5.41, 5.74) is 10.5. The Morgan fingerprint density at radius 1 is 0.528 bits per heavy atom. The molecule has 1 unspecified atom stereocenters. The molecule has 0 fully saturated rings. The Labute approximate surface area is 238 Å². The number of nitrogens with zero attached hydrogens (tertiary/aromatic N) is 2. The molecular weight excluding hydrogens is 640 g/mol. The Morgan fingerprint density at radius 3 is 1.47 bits per heavy atom. The van der Waals surface area contributed by atoms with Gasteiger partial charge >= 0.3 is 0 Å². The molecule has 0 N–H and O–H groups in total. The molecule has 0 heterocycles. The van der Waals surface area contributed by atoms with Crippen LogP contribution >= 0.6 is 47.8 Å². The quantitative estimate of drug-likeness (QED) is 0.194. The predicted octanol–water partition coefficient (Wildman–Crippen LogP) is 10.7. The third-order valence-electron chi connectivity index (χ3n) is 6.41. The van der Waals surface area contributed by atoms with E-state index >= 15 is 0 Å². The molecule has 0 aliphatic heterocycles. The molecule has 1 aliphatic carbocycles. The molecule has 0 bridgehead atoms. The number of aliphatic imine (C=N–C) groups is 2. The van der Waals surface area contributed by atoms with E-state index in [9.17, 15) is 0 Å². The van der Waals surface area contributed by atoms with Crippen molar-refractivity contribution in [2.45, 2.75) is 31.5 Å². The van der Waals surface area contributed by atoms with Gasteiger partial charge in [-0.05, 0) is 79.1 Å². The number of hydrogen-bond donors (Lipinski definition) is 0. The van der Waals surface area contributed by atoms with E-state index in [4.69, 9.17) is 9.98 Å². The third kappa shape index (κ3) is 4.69. The maximum Gasteiger partial charge on any atom is 0.0979 e. The van der Waals surface area contributed by atoms with Gasteiger partial charge in [-0.25, -0.2) is 9.98 Å². The molecule has 1 atom stereocenters. The highest BCUT2D eigenvalue weighted by atomic mass is 79.9. The summed E-state index contributed by atoms with van der Waals surface area (Å²) in [6.45, 7) is 6.60. The second-order valence-electron chi connectivity index (χ2n) is 9.14. The zero-order chi connectivity index (χ0) is 25.4. The van der Waals surface area contributed by atoms with E-state index in [-0.39, 0.29) is 4.83 Å². The van der Waals surface area contributed by atoms with E-state index < -0.39 is 0 Å². The number of halogens is 3. The molecule has 2 nitrogen and oxygen atoms in total. The summed E-state index contributed by atoms with van der Waals surface area (Å²) in [7, 11) is 0. The van der Waals surface area contributed by atoms with Gasteiger partial charge in [-0.3, -0.25) is 0 Å². The number of fused-ring (bicyclic) bond motifs is 3. The van der Waals surface area contributed by atoms with Crippen LogP contribution in [0.5, 0.6) is 0 Å². The van der Waals surface area contributed by atoms with E-state index in [1.54, 1.807) is 0 Å². The minimum absolute atomic E-state index is 0.166. The average Bonchev–Trinajstić information content (AvgIpc) is 2.87. The second-order valence-corrected chi connectivity index (χ2v) is 12.2. The first-order valence-electron chi connectivity index (χ1n) is 11.9.